The van der Waals surface area contributed by atoms with E-state index in [1.807, 2.05) is 0 Å². The first kappa shape index (κ1) is 26.7. The van der Waals surface area contributed by atoms with Gasteiger partial charge >= 0.3 is 0 Å². The molecule has 0 fully saturated rings. The van der Waals surface area contributed by atoms with Crippen LogP contribution in [0.2, 0.25) is 0 Å². The maximum atomic E-state index is 2.18. The molecule has 36 heavy (non-hydrogen) atoms. The highest BCUT2D eigenvalue weighted by molar-refractivity contribution is 5.70. The molecule has 0 bridgehead atoms. The lowest BCUT2D eigenvalue weighted by Crippen LogP contribution is -1.85. The van der Waals surface area contributed by atoms with E-state index in [1.165, 1.54) is 55.6 Å². The lowest BCUT2D eigenvalue weighted by atomic mass is 9.97. The molecular weight excluding hydrogens is 432 g/mol. The fourth-order valence-electron chi connectivity index (χ4n) is 4.31. The summed E-state index contributed by atoms with van der Waals surface area (Å²) in [4.78, 5) is 0. The fraction of sp³-hybridized carbons (Fsp3) is 0.167. The smallest absolute Gasteiger partial charge is 0.0152 e. The predicted octanol–water partition coefficient (Wildman–Crippen LogP) is 10.2. The monoisotopic (exact) mass is 470 g/mol. The van der Waals surface area contributed by atoms with Crippen molar-refractivity contribution in [2.24, 2.45) is 0 Å². The van der Waals surface area contributed by atoms with Gasteiger partial charge < -0.3 is 0 Å². The Morgan fingerprint density at radius 3 is 0.722 bits per heavy atom. The molecule has 0 radical (unpaired) electrons. The summed E-state index contributed by atoms with van der Waals surface area (Å²) in [7, 11) is 0. The lowest BCUT2D eigenvalue weighted by Gasteiger charge is -2.08. The molecule has 0 saturated carbocycles. The van der Waals surface area contributed by atoms with Crippen molar-refractivity contribution in [2.75, 3.05) is 0 Å². The summed E-state index contributed by atoms with van der Waals surface area (Å²) in [5.74, 6) is 0. The molecule has 0 nitrogen and oxygen atoms in total. The van der Waals surface area contributed by atoms with E-state index in [0.717, 1.165) is 0 Å². The van der Waals surface area contributed by atoms with Gasteiger partial charge in [0.25, 0.3) is 0 Å². The standard InChI is InChI=1S/2C14H14.C8H10/c2*1-11-7-3-5-9-13(11)14-10-6-4-8-12(14)2;1-7-4-3-5-8(2)6-7/h2*3-10H,1-2H3;3-6H,1-2H3. The summed E-state index contributed by atoms with van der Waals surface area (Å²) in [6.45, 7) is 12.8. The average molecular weight is 471 g/mol. The Morgan fingerprint density at radius 2 is 0.528 bits per heavy atom. The molecule has 0 amide bonds. The van der Waals surface area contributed by atoms with Crippen molar-refractivity contribution < 1.29 is 0 Å². The molecule has 0 unspecified atom stereocenters. The summed E-state index contributed by atoms with van der Waals surface area (Å²) in [6, 6.07) is 42.5. The van der Waals surface area contributed by atoms with Gasteiger partial charge in [0.1, 0.15) is 0 Å². The second-order valence-corrected chi connectivity index (χ2v) is 9.42. The Kier molecular flexibility index (Phi) is 9.83. The summed E-state index contributed by atoms with van der Waals surface area (Å²) in [6.07, 6.45) is 0. The van der Waals surface area contributed by atoms with E-state index >= 15 is 0 Å². The second-order valence-electron chi connectivity index (χ2n) is 9.42. The van der Waals surface area contributed by atoms with E-state index < -0.39 is 0 Å². The molecule has 0 heteroatoms. The lowest BCUT2D eigenvalue weighted by molar-refractivity contribution is 1.39. The summed E-state index contributed by atoms with van der Waals surface area (Å²) in [5.41, 5.74) is 13.4. The Bertz CT molecular complexity index is 1200. The molecule has 5 aromatic rings. The van der Waals surface area contributed by atoms with Gasteiger partial charge in [-0.3, -0.25) is 0 Å². The van der Waals surface area contributed by atoms with Crippen molar-refractivity contribution in [3.05, 3.63) is 155 Å². The number of aryl methyl sites for hydroxylation is 6. The van der Waals surface area contributed by atoms with E-state index in [1.54, 1.807) is 0 Å². The molecule has 0 saturated heterocycles. The van der Waals surface area contributed by atoms with Gasteiger partial charge in [-0.15, -0.1) is 0 Å². The minimum atomic E-state index is 1.34. The van der Waals surface area contributed by atoms with Crippen LogP contribution in [0.15, 0.2) is 121 Å². The summed E-state index contributed by atoms with van der Waals surface area (Å²) < 4.78 is 0. The molecule has 0 heterocycles. The normalized spacial score (nSPS) is 9.94. The van der Waals surface area contributed by atoms with Gasteiger partial charge in [-0.1, -0.05) is 132 Å². The first-order valence-corrected chi connectivity index (χ1v) is 12.6. The zero-order valence-electron chi connectivity index (χ0n) is 22.5. The summed E-state index contributed by atoms with van der Waals surface area (Å²) >= 11 is 0. The third kappa shape index (κ3) is 7.55. The maximum absolute atomic E-state index is 2.18. The molecule has 0 aliphatic carbocycles. The van der Waals surface area contributed by atoms with Crippen molar-refractivity contribution in [1.82, 2.24) is 0 Å². The largest absolute Gasteiger partial charge is 0.0620 e. The van der Waals surface area contributed by atoms with Gasteiger partial charge in [0.05, 0.1) is 0 Å². The SMILES string of the molecule is Cc1cccc(C)c1.Cc1ccccc1-c1ccccc1C.Cc1ccccc1-c1ccccc1C. The van der Waals surface area contributed by atoms with Crippen LogP contribution in [0.5, 0.6) is 0 Å². The van der Waals surface area contributed by atoms with Crippen LogP contribution >= 0.6 is 0 Å². The predicted molar refractivity (Wildman–Crippen MR) is 159 cm³/mol. The topological polar surface area (TPSA) is 0 Å². The van der Waals surface area contributed by atoms with Gasteiger partial charge in [0.15, 0.2) is 0 Å². The van der Waals surface area contributed by atoms with Crippen LogP contribution in [-0.4, -0.2) is 0 Å². The van der Waals surface area contributed by atoms with Gasteiger partial charge in [-0.25, -0.2) is 0 Å². The van der Waals surface area contributed by atoms with E-state index in [4.69, 9.17) is 0 Å². The Hall–Kier alpha value is -3.90. The third-order valence-electron chi connectivity index (χ3n) is 6.33. The van der Waals surface area contributed by atoms with Crippen LogP contribution in [0.1, 0.15) is 33.4 Å². The van der Waals surface area contributed by atoms with Crippen LogP contribution in [0.3, 0.4) is 0 Å². The highest BCUT2D eigenvalue weighted by Crippen LogP contribution is 2.26. The number of hydrogen-bond acceptors (Lipinski definition) is 0. The van der Waals surface area contributed by atoms with Crippen LogP contribution in [0.25, 0.3) is 22.3 Å². The molecule has 5 rings (SSSR count). The molecule has 5 aromatic carbocycles. The molecule has 0 N–H and O–H groups in total. The first-order chi connectivity index (χ1) is 17.4. The Labute approximate surface area is 218 Å². The van der Waals surface area contributed by atoms with Gasteiger partial charge in [-0.05, 0) is 86.1 Å². The van der Waals surface area contributed by atoms with Gasteiger partial charge in [-0.2, -0.15) is 0 Å². The minimum absolute atomic E-state index is 1.34. The first-order valence-electron chi connectivity index (χ1n) is 12.6. The van der Waals surface area contributed by atoms with Gasteiger partial charge in [0, 0.05) is 0 Å². The van der Waals surface area contributed by atoms with Crippen molar-refractivity contribution in [1.29, 1.82) is 0 Å². The zero-order valence-corrected chi connectivity index (χ0v) is 22.5. The van der Waals surface area contributed by atoms with E-state index in [-0.39, 0.29) is 0 Å². The van der Waals surface area contributed by atoms with Crippen LogP contribution in [0, 0.1) is 41.5 Å². The van der Waals surface area contributed by atoms with Crippen molar-refractivity contribution >= 4 is 0 Å². The fourth-order valence-corrected chi connectivity index (χ4v) is 4.31. The number of rotatable bonds is 2. The van der Waals surface area contributed by atoms with Crippen molar-refractivity contribution in [2.45, 2.75) is 41.5 Å². The molecule has 0 aromatic heterocycles. The molecule has 0 atom stereocenters. The van der Waals surface area contributed by atoms with Crippen molar-refractivity contribution in [3.63, 3.8) is 0 Å². The molecular formula is C36H38. The van der Waals surface area contributed by atoms with E-state index in [9.17, 15) is 0 Å². The Balaban J connectivity index is 0.000000157. The Morgan fingerprint density at radius 1 is 0.278 bits per heavy atom. The van der Waals surface area contributed by atoms with E-state index in [0.29, 0.717) is 0 Å². The van der Waals surface area contributed by atoms with Crippen LogP contribution in [0.4, 0.5) is 0 Å². The molecule has 182 valence electrons. The van der Waals surface area contributed by atoms with Gasteiger partial charge in [0.2, 0.25) is 0 Å². The van der Waals surface area contributed by atoms with Crippen LogP contribution in [-0.2, 0) is 0 Å². The van der Waals surface area contributed by atoms with Crippen molar-refractivity contribution in [3.8, 4) is 22.3 Å². The highest BCUT2D eigenvalue weighted by atomic mass is 14.1. The molecule has 0 spiro atoms. The molecule has 0 aliphatic heterocycles. The maximum Gasteiger partial charge on any atom is -0.0152 e. The minimum Gasteiger partial charge on any atom is -0.0620 e. The number of hydrogen-bond donors (Lipinski definition) is 0. The third-order valence-corrected chi connectivity index (χ3v) is 6.33. The average Bonchev–Trinajstić information content (AvgIpc) is 2.86. The quantitative estimate of drug-likeness (QED) is 0.241. The van der Waals surface area contributed by atoms with Crippen LogP contribution < -0.4 is 0 Å². The summed E-state index contributed by atoms with van der Waals surface area (Å²) in [5, 5.41) is 0. The second kappa shape index (κ2) is 13.3. The van der Waals surface area contributed by atoms with E-state index in [2.05, 4.69) is 163 Å². The molecule has 0 aliphatic rings. The number of benzene rings is 5. The highest BCUT2D eigenvalue weighted by Gasteiger charge is 2.03. The zero-order chi connectivity index (χ0) is 25.9.